The van der Waals surface area contributed by atoms with Gasteiger partial charge < -0.3 is 15.2 Å². The van der Waals surface area contributed by atoms with Crippen LogP contribution in [-0.4, -0.2) is 7.11 Å². The van der Waals surface area contributed by atoms with E-state index >= 15 is 0 Å². The molecule has 2 aromatic carbocycles. The molecule has 0 spiro atoms. The van der Waals surface area contributed by atoms with E-state index in [1.54, 1.807) is 19.2 Å². The predicted molar refractivity (Wildman–Crippen MR) is 89.4 cm³/mol. The summed E-state index contributed by atoms with van der Waals surface area (Å²) < 4.78 is 12.0. The lowest BCUT2D eigenvalue weighted by Crippen LogP contribution is -2.04. The van der Waals surface area contributed by atoms with Gasteiger partial charge in [-0.1, -0.05) is 39.1 Å². The molecule has 0 aromatic heterocycles. The summed E-state index contributed by atoms with van der Waals surface area (Å²) in [7, 11) is 1.62. The summed E-state index contributed by atoms with van der Waals surface area (Å²) >= 11 is 15.6. The second-order valence-electron chi connectivity index (χ2n) is 4.33. The van der Waals surface area contributed by atoms with Crippen molar-refractivity contribution in [3.8, 4) is 11.5 Å². The van der Waals surface area contributed by atoms with Crippen LogP contribution in [0.15, 0.2) is 34.8 Å². The molecule has 2 rings (SSSR count). The Morgan fingerprint density at radius 2 is 1.90 bits per heavy atom. The summed E-state index contributed by atoms with van der Waals surface area (Å²) in [6, 6.07) is 9.07. The Labute approximate surface area is 142 Å². The number of ether oxygens (including phenoxy) is 2. The summed E-state index contributed by atoms with van der Waals surface area (Å²) in [5, 5.41) is 0.984. The van der Waals surface area contributed by atoms with Gasteiger partial charge in [0.1, 0.15) is 18.1 Å². The van der Waals surface area contributed by atoms with Gasteiger partial charge in [-0.2, -0.15) is 0 Å². The lowest BCUT2D eigenvalue weighted by atomic mass is 10.2. The molecule has 0 saturated carbocycles. The third kappa shape index (κ3) is 4.04. The summed E-state index contributed by atoms with van der Waals surface area (Å²) in [6.45, 7) is 0.640. The van der Waals surface area contributed by atoms with Crippen LogP contribution in [0.3, 0.4) is 0 Å². The fraction of sp³-hybridized carbons (Fsp3) is 0.200. The van der Waals surface area contributed by atoms with E-state index in [1.165, 1.54) is 0 Å². The number of benzene rings is 2. The molecule has 0 heterocycles. The molecular weight excluding hydrogens is 377 g/mol. The zero-order chi connectivity index (χ0) is 15.4. The molecule has 0 saturated heterocycles. The van der Waals surface area contributed by atoms with Gasteiger partial charge in [-0.15, -0.1) is 0 Å². The third-order valence-electron chi connectivity index (χ3n) is 2.93. The van der Waals surface area contributed by atoms with Crippen molar-refractivity contribution in [2.75, 3.05) is 7.11 Å². The Bertz CT molecular complexity index is 650. The van der Waals surface area contributed by atoms with Crippen LogP contribution in [0.1, 0.15) is 11.1 Å². The van der Waals surface area contributed by atoms with Gasteiger partial charge in [-0.05, 0) is 30.3 Å². The molecule has 6 heteroatoms. The Morgan fingerprint density at radius 1 is 1.14 bits per heavy atom. The molecule has 0 fully saturated rings. The molecule has 2 N–H and O–H groups in total. The van der Waals surface area contributed by atoms with Crippen molar-refractivity contribution in [1.82, 2.24) is 0 Å². The molecule has 0 atom stereocenters. The molecule has 112 valence electrons. The van der Waals surface area contributed by atoms with Gasteiger partial charge in [-0.3, -0.25) is 0 Å². The second-order valence-corrected chi connectivity index (χ2v) is 6.02. The van der Waals surface area contributed by atoms with Crippen LogP contribution in [0.5, 0.6) is 11.5 Å². The van der Waals surface area contributed by atoms with E-state index in [9.17, 15) is 0 Å². The zero-order valence-corrected chi connectivity index (χ0v) is 14.4. The molecule has 0 aliphatic carbocycles. The molecule has 0 radical (unpaired) electrons. The van der Waals surface area contributed by atoms with Crippen molar-refractivity contribution >= 4 is 39.1 Å². The molecule has 0 amide bonds. The minimum Gasteiger partial charge on any atom is -0.497 e. The van der Waals surface area contributed by atoms with E-state index in [4.69, 9.17) is 38.4 Å². The van der Waals surface area contributed by atoms with Crippen LogP contribution in [0.25, 0.3) is 0 Å². The van der Waals surface area contributed by atoms with Gasteiger partial charge in [0.05, 0.1) is 12.1 Å². The van der Waals surface area contributed by atoms with Crippen molar-refractivity contribution in [3.05, 3.63) is 56.0 Å². The maximum atomic E-state index is 6.18. The van der Waals surface area contributed by atoms with Crippen molar-refractivity contribution in [2.45, 2.75) is 13.2 Å². The smallest absolute Gasteiger partial charge is 0.142 e. The van der Waals surface area contributed by atoms with E-state index in [0.29, 0.717) is 28.9 Å². The topological polar surface area (TPSA) is 44.5 Å². The molecule has 0 aliphatic heterocycles. The van der Waals surface area contributed by atoms with E-state index < -0.39 is 0 Å². The summed E-state index contributed by atoms with van der Waals surface area (Å²) in [4.78, 5) is 0. The van der Waals surface area contributed by atoms with Crippen molar-refractivity contribution in [3.63, 3.8) is 0 Å². The fourth-order valence-electron chi connectivity index (χ4n) is 1.87. The SMILES string of the molecule is COc1ccc(Br)c(COc2c(Cl)cc(Cl)cc2CN)c1. The van der Waals surface area contributed by atoms with Crippen molar-refractivity contribution in [2.24, 2.45) is 5.73 Å². The molecule has 0 bridgehead atoms. The van der Waals surface area contributed by atoms with Crippen LogP contribution in [-0.2, 0) is 13.2 Å². The second kappa shape index (κ2) is 7.36. The number of rotatable bonds is 5. The first-order valence-electron chi connectivity index (χ1n) is 6.18. The molecule has 21 heavy (non-hydrogen) atoms. The molecule has 3 nitrogen and oxygen atoms in total. The minimum atomic E-state index is 0.300. The average Bonchev–Trinajstić information content (AvgIpc) is 2.47. The summed E-state index contributed by atoms with van der Waals surface area (Å²) in [6.07, 6.45) is 0. The lowest BCUT2D eigenvalue weighted by molar-refractivity contribution is 0.301. The Hall–Kier alpha value is -0.940. The third-order valence-corrected chi connectivity index (χ3v) is 4.20. The number of nitrogens with two attached hydrogens (primary N) is 1. The zero-order valence-electron chi connectivity index (χ0n) is 11.3. The monoisotopic (exact) mass is 389 g/mol. The van der Waals surface area contributed by atoms with E-state index in [-0.39, 0.29) is 0 Å². The molecule has 2 aromatic rings. The standard InChI is InChI=1S/C15H14BrCl2NO2/c1-20-12-2-3-13(16)10(5-12)8-21-15-9(7-19)4-11(17)6-14(15)18/h2-6H,7-8,19H2,1H3. The Kier molecular flexibility index (Phi) is 5.76. The highest BCUT2D eigenvalue weighted by Crippen LogP contribution is 2.33. The number of methoxy groups -OCH3 is 1. The van der Waals surface area contributed by atoms with Crippen LogP contribution in [0, 0.1) is 0 Å². The first-order valence-corrected chi connectivity index (χ1v) is 7.73. The van der Waals surface area contributed by atoms with Gasteiger partial charge in [0.15, 0.2) is 0 Å². The van der Waals surface area contributed by atoms with E-state index in [0.717, 1.165) is 21.3 Å². The molecular formula is C15H14BrCl2NO2. The summed E-state index contributed by atoms with van der Waals surface area (Å²) in [5.74, 6) is 1.32. The van der Waals surface area contributed by atoms with Crippen LogP contribution < -0.4 is 15.2 Å². The first-order chi connectivity index (χ1) is 10.0. The van der Waals surface area contributed by atoms with Crippen molar-refractivity contribution in [1.29, 1.82) is 0 Å². The van der Waals surface area contributed by atoms with Gasteiger partial charge in [-0.25, -0.2) is 0 Å². The highest BCUT2D eigenvalue weighted by atomic mass is 79.9. The van der Waals surface area contributed by atoms with Gasteiger partial charge in [0.2, 0.25) is 0 Å². The lowest BCUT2D eigenvalue weighted by Gasteiger charge is -2.14. The maximum absolute atomic E-state index is 6.18. The van der Waals surface area contributed by atoms with Crippen LogP contribution >= 0.6 is 39.1 Å². The van der Waals surface area contributed by atoms with Gasteiger partial charge in [0, 0.05) is 27.2 Å². The predicted octanol–water partition coefficient (Wildman–Crippen LogP) is 4.80. The fourth-order valence-corrected chi connectivity index (χ4v) is 2.82. The largest absolute Gasteiger partial charge is 0.497 e. The number of hydrogen-bond acceptors (Lipinski definition) is 3. The van der Waals surface area contributed by atoms with E-state index in [1.807, 2.05) is 18.2 Å². The Morgan fingerprint density at radius 3 is 2.57 bits per heavy atom. The van der Waals surface area contributed by atoms with E-state index in [2.05, 4.69) is 15.9 Å². The molecule has 0 aliphatic rings. The van der Waals surface area contributed by atoms with Crippen LogP contribution in [0.4, 0.5) is 0 Å². The summed E-state index contributed by atoms with van der Waals surface area (Å²) in [5.41, 5.74) is 7.42. The number of halogens is 3. The highest BCUT2D eigenvalue weighted by Gasteiger charge is 2.11. The quantitative estimate of drug-likeness (QED) is 0.797. The Balaban J connectivity index is 2.24. The van der Waals surface area contributed by atoms with Gasteiger partial charge in [0.25, 0.3) is 0 Å². The molecule has 0 unspecified atom stereocenters. The average molecular weight is 391 g/mol. The van der Waals surface area contributed by atoms with Gasteiger partial charge >= 0.3 is 0 Å². The normalized spacial score (nSPS) is 10.5. The highest BCUT2D eigenvalue weighted by molar-refractivity contribution is 9.10. The van der Waals surface area contributed by atoms with Crippen LogP contribution in [0.2, 0.25) is 10.0 Å². The minimum absolute atomic E-state index is 0.300. The number of hydrogen-bond donors (Lipinski definition) is 1. The first kappa shape index (κ1) is 16.4. The van der Waals surface area contributed by atoms with Crippen molar-refractivity contribution < 1.29 is 9.47 Å². The maximum Gasteiger partial charge on any atom is 0.142 e.